The first-order valence-corrected chi connectivity index (χ1v) is 33.8. The van der Waals surface area contributed by atoms with Crippen molar-refractivity contribution in [3.8, 4) is 5.75 Å². The SMILES string of the molecule is CCC(C)CCC(=O)N[C@H](CC(N)=O)C(=O)N[C@H](Cc1ccc(O)cc1)C(=O)N[C@H](Cc1c[nH]c2ccccc12)C(=O)N[C@H](CCCN)C(=O)N[C@@H](CCCN)C(=O)NCC(=O)N[C@H](CCCN)C(=O)N[C@@H](C)C(=O)N[C@H](C(=O)N[C@H](C(=O)NCC(=O)N[C@@H](CO)C(N)=O)[C@@H](C)CC)[C@@H](C)O. The molecule has 0 bridgehead atoms. The van der Waals surface area contributed by atoms with Crippen molar-refractivity contribution in [2.75, 3.05) is 39.3 Å². The molecule has 0 aliphatic heterocycles. The Labute approximate surface area is 585 Å². The molecule has 13 atom stereocenters. The fourth-order valence-electron chi connectivity index (χ4n) is 10.2. The lowest BCUT2D eigenvalue weighted by molar-refractivity contribution is -0.137. The van der Waals surface area contributed by atoms with Crippen molar-refractivity contribution in [1.29, 1.82) is 0 Å². The molecule has 1 unspecified atom stereocenters. The summed E-state index contributed by atoms with van der Waals surface area (Å²) in [6.07, 6.45) is 0.876. The van der Waals surface area contributed by atoms with Gasteiger partial charge in [-0.2, -0.15) is 0 Å². The number of primary amides is 2. The first kappa shape index (κ1) is 85.4. The number of phenolic OH excluding ortho intramolecular Hbond substituents is 1. The molecular weight excluding hydrogens is 1320 g/mol. The normalized spacial score (nSPS) is 15.0. The van der Waals surface area contributed by atoms with E-state index in [-0.39, 0.29) is 89.1 Å². The van der Waals surface area contributed by atoms with Gasteiger partial charge in [-0.15, -0.1) is 0 Å². The molecule has 26 N–H and O–H groups in total. The van der Waals surface area contributed by atoms with E-state index >= 15 is 0 Å². The van der Waals surface area contributed by atoms with Gasteiger partial charge in [-0.25, -0.2) is 0 Å². The molecule has 3 aromatic rings. The van der Waals surface area contributed by atoms with Crippen LogP contribution in [0.25, 0.3) is 10.9 Å². The predicted molar refractivity (Wildman–Crippen MR) is 370 cm³/mol. The third-order valence-corrected chi connectivity index (χ3v) is 16.7. The van der Waals surface area contributed by atoms with E-state index in [4.69, 9.17) is 28.7 Å². The van der Waals surface area contributed by atoms with Crippen LogP contribution in [0.1, 0.15) is 123 Å². The fourth-order valence-corrected chi connectivity index (χ4v) is 10.2. The number of rotatable bonds is 47. The molecule has 2 aromatic carbocycles. The number of hydrogen-bond acceptors (Lipinski definition) is 20. The van der Waals surface area contributed by atoms with Gasteiger partial charge in [0.15, 0.2) is 0 Å². The number of carbonyl (C=O) groups excluding carboxylic acids is 14. The molecule has 35 nitrogen and oxygen atoms in total. The van der Waals surface area contributed by atoms with Crippen molar-refractivity contribution in [1.82, 2.24) is 68.8 Å². The maximum absolute atomic E-state index is 14.8. The molecule has 0 aliphatic carbocycles. The van der Waals surface area contributed by atoms with Crippen molar-refractivity contribution < 1.29 is 82.4 Å². The number of phenols is 1. The second kappa shape index (κ2) is 44.3. The van der Waals surface area contributed by atoms with Gasteiger partial charge in [-0.05, 0) is 120 Å². The Bertz CT molecular complexity index is 3280. The molecule has 14 amide bonds. The molecule has 0 aliphatic rings. The van der Waals surface area contributed by atoms with Crippen LogP contribution in [0.15, 0.2) is 54.7 Å². The van der Waals surface area contributed by atoms with E-state index < -0.39 is 181 Å². The standard InChI is InChI=1S/C66H104N18O17/c1-7-35(3)19-24-52(89)77-49(30-51(70)88)64(99)81-47(28-39-20-22-41(87)23-21-39)62(97)82-48(29-40-31-72-43-15-10-9-14-42(40)43)63(98)80-46(18-13-27-69)61(96)79-44(16-11-25-67)59(94)73-32-53(90)76-45(17-12-26-68)60(95)75-37(5)58(93)84-56(38(6)86)66(101)83-55(36(4)8-2)65(100)74-33-54(91)78-50(34-85)57(71)92/h9-10,14-15,20-23,31,35-38,44-50,55-56,72,85-87H,7-8,11-13,16-19,24-30,32-34,67-69H2,1-6H3,(H2,70,88)(H2,71,92)(H,73,94)(H,74,100)(H,75,95)(H,76,90)(H,77,89)(H,78,91)(H,79,96)(H,80,98)(H,81,99)(H,82,97)(H,83,101)(H,84,93)/t35?,36-,37-,38+,44-,45+,46+,47+,48+,49+,50-,55-,56-/m0/s1. The number of carbonyl (C=O) groups is 14. The minimum absolute atomic E-state index is 0.0303. The van der Waals surface area contributed by atoms with Gasteiger partial charge < -0.3 is 113 Å². The lowest BCUT2D eigenvalue weighted by Gasteiger charge is -2.28. The summed E-state index contributed by atoms with van der Waals surface area (Å²) in [5.74, 6) is -13.1. The van der Waals surface area contributed by atoms with Gasteiger partial charge in [-0.1, -0.05) is 70.9 Å². The van der Waals surface area contributed by atoms with E-state index in [1.807, 2.05) is 13.8 Å². The van der Waals surface area contributed by atoms with Crippen LogP contribution in [0, 0.1) is 11.8 Å². The highest BCUT2D eigenvalue weighted by atomic mass is 16.3. The second-order valence-corrected chi connectivity index (χ2v) is 24.9. The summed E-state index contributed by atoms with van der Waals surface area (Å²) in [6.45, 7) is 7.53. The van der Waals surface area contributed by atoms with Crippen molar-refractivity contribution in [2.24, 2.45) is 40.5 Å². The molecule has 1 aromatic heterocycles. The smallest absolute Gasteiger partial charge is 0.245 e. The first-order chi connectivity index (χ1) is 47.9. The number of aromatic nitrogens is 1. The Balaban J connectivity index is 1.84. The number of aromatic hydroxyl groups is 1. The van der Waals surface area contributed by atoms with Gasteiger partial charge in [0.25, 0.3) is 0 Å². The lowest BCUT2D eigenvalue weighted by atomic mass is 9.97. The van der Waals surface area contributed by atoms with E-state index in [9.17, 15) is 82.4 Å². The third-order valence-electron chi connectivity index (χ3n) is 16.7. The summed E-state index contributed by atoms with van der Waals surface area (Å²) in [5, 5.41) is 60.5. The van der Waals surface area contributed by atoms with E-state index in [1.165, 1.54) is 38.1 Å². The number of fused-ring (bicyclic) bond motifs is 1. The molecular formula is C66H104N18O17. The van der Waals surface area contributed by atoms with Gasteiger partial charge in [0, 0.05) is 36.4 Å². The highest BCUT2D eigenvalue weighted by Gasteiger charge is 2.37. The van der Waals surface area contributed by atoms with E-state index in [0.717, 1.165) is 6.42 Å². The van der Waals surface area contributed by atoms with Crippen molar-refractivity contribution >= 4 is 93.6 Å². The summed E-state index contributed by atoms with van der Waals surface area (Å²) >= 11 is 0. The zero-order valence-electron chi connectivity index (χ0n) is 58.1. The Morgan fingerprint density at radius 1 is 0.485 bits per heavy atom. The maximum atomic E-state index is 14.8. The summed E-state index contributed by atoms with van der Waals surface area (Å²) in [7, 11) is 0. The predicted octanol–water partition coefficient (Wildman–Crippen LogP) is -5.42. The average molecular weight is 1420 g/mol. The number of nitrogens with one attached hydrogen (secondary N) is 13. The number of para-hydroxylation sites is 1. The van der Waals surface area contributed by atoms with E-state index in [1.54, 1.807) is 44.3 Å². The Kier molecular flexibility index (Phi) is 37.5. The highest BCUT2D eigenvalue weighted by Crippen LogP contribution is 2.21. The number of benzene rings is 2. The largest absolute Gasteiger partial charge is 0.508 e. The van der Waals surface area contributed by atoms with Crippen LogP contribution < -0.4 is 92.5 Å². The van der Waals surface area contributed by atoms with Crippen LogP contribution >= 0.6 is 0 Å². The lowest BCUT2D eigenvalue weighted by Crippen LogP contribution is -2.61. The maximum Gasteiger partial charge on any atom is 0.245 e. The van der Waals surface area contributed by atoms with Gasteiger partial charge in [0.2, 0.25) is 82.7 Å². The van der Waals surface area contributed by atoms with Gasteiger partial charge in [0.05, 0.1) is 32.2 Å². The summed E-state index contributed by atoms with van der Waals surface area (Å²) in [6, 6.07) is -1.78. The van der Waals surface area contributed by atoms with Gasteiger partial charge in [-0.3, -0.25) is 67.1 Å². The van der Waals surface area contributed by atoms with Crippen LogP contribution in [0.5, 0.6) is 5.75 Å². The van der Waals surface area contributed by atoms with Crippen LogP contribution in [-0.4, -0.2) is 209 Å². The van der Waals surface area contributed by atoms with Crippen LogP contribution in [0.3, 0.4) is 0 Å². The molecule has 0 saturated heterocycles. The highest BCUT2D eigenvalue weighted by molar-refractivity contribution is 6.00. The Hall–Kier alpha value is -9.84. The molecule has 0 spiro atoms. The van der Waals surface area contributed by atoms with Gasteiger partial charge in [0.1, 0.15) is 66.2 Å². The molecule has 0 fully saturated rings. The van der Waals surface area contributed by atoms with Gasteiger partial charge >= 0.3 is 0 Å². The Morgan fingerprint density at radius 2 is 0.960 bits per heavy atom. The zero-order chi connectivity index (χ0) is 75.5. The van der Waals surface area contributed by atoms with Crippen molar-refractivity contribution in [2.45, 2.75) is 192 Å². The molecule has 0 saturated carbocycles. The fraction of sp³-hybridized carbons (Fsp3) is 0.576. The summed E-state index contributed by atoms with van der Waals surface area (Å²) in [4.78, 5) is 192. The van der Waals surface area contributed by atoms with Crippen molar-refractivity contribution in [3.05, 3.63) is 65.9 Å². The minimum Gasteiger partial charge on any atom is -0.508 e. The molecule has 3 rings (SSSR count). The quantitative estimate of drug-likeness (QED) is 0.0251. The summed E-state index contributed by atoms with van der Waals surface area (Å²) < 4.78 is 0. The number of aliphatic hydroxyl groups is 2. The molecule has 560 valence electrons. The number of nitrogens with two attached hydrogens (primary N) is 5. The Morgan fingerprint density at radius 3 is 1.49 bits per heavy atom. The number of H-pyrrole nitrogens is 1. The number of aromatic amines is 1. The molecule has 35 heteroatoms. The molecule has 0 radical (unpaired) electrons. The minimum atomic E-state index is -1.71. The first-order valence-electron chi connectivity index (χ1n) is 33.8. The topological polar surface area (TPSA) is 590 Å². The van der Waals surface area contributed by atoms with Crippen LogP contribution in [0.4, 0.5) is 0 Å². The van der Waals surface area contributed by atoms with Crippen LogP contribution in [-0.2, 0) is 80.0 Å². The van der Waals surface area contributed by atoms with Crippen molar-refractivity contribution in [3.63, 3.8) is 0 Å². The monoisotopic (exact) mass is 1420 g/mol. The zero-order valence-corrected chi connectivity index (χ0v) is 58.1. The third kappa shape index (κ3) is 29.9. The number of amides is 14. The second-order valence-electron chi connectivity index (χ2n) is 24.9. The van der Waals surface area contributed by atoms with E-state index in [0.29, 0.717) is 34.9 Å². The number of hydrogen-bond donors (Lipinski definition) is 21. The van der Waals surface area contributed by atoms with Crippen LogP contribution in [0.2, 0.25) is 0 Å². The molecule has 1 heterocycles. The van der Waals surface area contributed by atoms with E-state index in [2.05, 4.69) is 68.8 Å². The average Bonchev–Trinajstić information content (AvgIpc) is 1.71. The molecule has 101 heavy (non-hydrogen) atoms. The summed E-state index contributed by atoms with van der Waals surface area (Å²) in [5.41, 5.74) is 29.8. The number of aliphatic hydroxyl groups excluding tert-OH is 2.